The van der Waals surface area contributed by atoms with Gasteiger partial charge in [-0.1, -0.05) is 13.8 Å². The first-order chi connectivity index (χ1) is 8.69. The summed E-state index contributed by atoms with van der Waals surface area (Å²) in [6.07, 6.45) is 1.71. The van der Waals surface area contributed by atoms with Crippen LogP contribution in [0.4, 0.5) is 0 Å². The summed E-state index contributed by atoms with van der Waals surface area (Å²) in [5.41, 5.74) is 1.05. The molecule has 3 nitrogen and oxygen atoms in total. The summed E-state index contributed by atoms with van der Waals surface area (Å²) in [7, 11) is 0. The normalized spacial score (nSPS) is 10.9. The SMILES string of the molecule is CC(C)COc1ccc(-c2ncc(CO)s2)cc1. The highest BCUT2D eigenvalue weighted by molar-refractivity contribution is 7.15. The number of hydrogen-bond acceptors (Lipinski definition) is 4. The fourth-order valence-corrected chi connectivity index (χ4v) is 2.25. The molecule has 96 valence electrons. The molecule has 0 saturated carbocycles. The number of thiazole rings is 1. The molecule has 1 N–H and O–H groups in total. The zero-order chi connectivity index (χ0) is 13.0. The molecule has 1 aromatic heterocycles. The van der Waals surface area contributed by atoms with Crippen LogP contribution in [0.25, 0.3) is 10.6 Å². The standard InChI is InChI=1S/C14H17NO2S/c1-10(2)9-17-12-5-3-11(4-6-12)14-15-7-13(8-16)18-14/h3-7,10,16H,8-9H2,1-2H3. The molecule has 0 radical (unpaired) electrons. The predicted octanol–water partition coefficient (Wildman–Crippen LogP) is 3.34. The third-order valence-corrected chi connectivity index (χ3v) is 3.43. The minimum atomic E-state index is 0.0489. The van der Waals surface area contributed by atoms with Gasteiger partial charge in [0.1, 0.15) is 10.8 Å². The van der Waals surface area contributed by atoms with Gasteiger partial charge in [0, 0.05) is 11.8 Å². The molecule has 0 amide bonds. The van der Waals surface area contributed by atoms with E-state index in [4.69, 9.17) is 9.84 Å². The van der Waals surface area contributed by atoms with Gasteiger partial charge >= 0.3 is 0 Å². The van der Waals surface area contributed by atoms with Crippen molar-refractivity contribution in [1.82, 2.24) is 4.98 Å². The zero-order valence-corrected chi connectivity index (χ0v) is 11.4. The van der Waals surface area contributed by atoms with Crippen molar-refractivity contribution in [2.75, 3.05) is 6.61 Å². The summed E-state index contributed by atoms with van der Waals surface area (Å²) < 4.78 is 5.63. The molecule has 1 aromatic carbocycles. The number of aliphatic hydroxyl groups is 1. The largest absolute Gasteiger partial charge is 0.493 e. The topological polar surface area (TPSA) is 42.4 Å². The summed E-state index contributed by atoms with van der Waals surface area (Å²) in [6, 6.07) is 7.90. The number of hydrogen-bond donors (Lipinski definition) is 1. The van der Waals surface area contributed by atoms with Gasteiger partial charge in [0.2, 0.25) is 0 Å². The second-order valence-corrected chi connectivity index (χ2v) is 5.63. The van der Waals surface area contributed by atoms with Crippen LogP contribution >= 0.6 is 11.3 Å². The highest BCUT2D eigenvalue weighted by atomic mass is 32.1. The second-order valence-electron chi connectivity index (χ2n) is 4.52. The Morgan fingerprint density at radius 3 is 2.56 bits per heavy atom. The fraction of sp³-hybridized carbons (Fsp3) is 0.357. The van der Waals surface area contributed by atoms with Crippen molar-refractivity contribution in [2.24, 2.45) is 5.92 Å². The van der Waals surface area contributed by atoms with Gasteiger partial charge in [-0.15, -0.1) is 11.3 Å². The van der Waals surface area contributed by atoms with E-state index in [1.165, 1.54) is 11.3 Å². The Morgan fingerprint density at radius 2 is 2.00 bits per heavy atom. The molecule has 18 heavy (non-hydrogen) atoms. The lowest BCUT2D eigenvalue weighted by Gasteiger charge is -2.08. The first-order valence-corrected chi connectivity index (χ1v) is 6.79. The highest BCUT2D eigenvalue weighted by Gasteiger charge is 2.04. The minimum Gasteiger partial charge on any atom is -0.493 e. The summed E-state index contributed by atoms with van der Waals surface area (Å²) in [6.45, 7) is 5.03. The molecule has 0 aliphatic heterocycles. The summed E-state index contributed by atoms with van der Waals surface area (Å²) in [4.78, 5) is 5.16. The predicted molar refractivity (Wildman–Crippen MR) is 73.8 cm³/mol. The lowest BCUT2D eigenvalue weighted by molar-refractivity contribution is 0.271. The maximum absolute atomic E-state index is 9.01. The first-order valence-electron chi connectivity index (χ1n) is 5.98. The van der Waals surface area contributed by atoms with Crippen molar-refractivity contribution in [1.29, 1.82) is 0 Å². The number of nitrogens with zero attached hydrogens (tertiary/aromatic N) is 1. The van der Waals surface area contributed by atoms with Gasteiger partial charge < -0.3 is 9.84 Å². The van der Waals surface area contributed by atoms with Gasteiger partial charge in [-0.3, -0.25) is 0 Å². The Hall–Kier alpha value is -1.39. The zero-order valence-electron chi connectivity index (χ0n) is 10.6. The Balaban J connectivity index is 2.07. The molecule has 0 atom stereocenters. The quantitative estimate of drug-likeness (QED) is 0.899. The van der Waals surface area contributed by atoms with Crippen molar-refractivity contribution in [2.45, 2.75) is 20.5 Å². The van der Waals surface area contributed by atoms with Crippen LogP contribution in [0, 0.1) is 5.92 Å². The smallest absolute Gasteiger partial charge is 0.123 e. The van der Waals surface area contributed by atoms with Crippen LogP contribution in [-0.2, 0) is 6.61 Å². The van der Waals surface area contributed by atoms with E-state index in [1.807, 2.05) is 24.3 Å². The Bertz CT molecular complexity index is 491. The molecule has 0 aliphatic rings. The molecule has 0 fully saturated rings. The molecular formula is C14H17NO2S. The van der Waals surface area contributed by atoms with E-state index in [1.54, 1.807) is 6.20 Å². The van der Waals surface area contributed by atoms with Gasteiger partial charge in [-0.2, -0.15) is 0 Å². The summed E-state index contributed by atoms with van der Waals surface area (Å²) >= 11 is 1.51. The van der Waals surface area contributed by atoms with Crippen LogP contribution < -0.4 is 4.74 Å². The van der Waals surface area contributed by atoms with Crippen LogP contribution in [0.5, 0.6) is 5.75 Å². The van der Waals surface area contributed by atoms with E-state index < -0.39 is 0 Å². The van der Waals surface area contributed by atoms with Gasteiger partial charge in [-0.05, 0) is 30.2 Å². The van der Waals surface area contributed by atoms with Crippen molar-refractivity contribution in [3.63, 3.8) is 0 Å². The number of rotatable bonds is 5. The van der Waals surface area contributed by atoms with Gasteiger partial charge in [-0.25, -0.2) is 4.98 Å². The minimum absolute atomic E-state index is 0.0489. The molecule has 1 heterocycles. The Kier molecular flexibility index (Phi) is 4.33. The monoisotopic (exact) mass is 263 g/mol. The van der Waals surface area contributed by atoms with Gasteiger partial charge in [0.25, 0.3) is 0 Å². The third kappa shape index (κ3) is 3.31. The molecule has 0 saturated heterocycles. The number of ether oxygens (including phenoxy) is 1. The Labute approximate surface area is 111 Å². The van der Waals surface area contributed by atoms with Crippen LogP contribution in [0.2, 0.25) is 0 Å². The number of aliphatic hydroxyl groups excluding tert-OH is 1. The third-order valence-electron chi connectivity index (χ3n) is 2.39. The van der Waals surface area contributed by atoms with Crippen LogP contribution in [-0.4, -0.2) is 16.7 Å². The Morgan fingerprint density at radius 1 is 1.28 bits per heavy atom. The van der Waals surface area contributed by atoms with E-state index >= 15 is 0 Å². The molecule has 0 aliphatic carbocycles. The van der Waals surface area contributed by atoms with Crippen molar-refractivity contribution in [3.05, 3.63) is 35.3 Å². The van der Waals surface area contributed by atoms with Gasteiger partial charge in [0.05, 0.1) is 18.1 Å². The lowest BCUT2D eigenvalue weighted by atomic mass is 10.2. The lowest BCUT2D eigenvalue weighted by Crippen LogP contribution is -2.04. The summed E-state index contributed by atoms with van der Waals surface area (Å²) in [5, 5.41) is 9.94. The molecule has 0 unspecified atom stereocenters. The van der Waals surface area contributed by atoms with Gasteiger partial charge in [0.15, 0.2) is 0 Å². The van der Waals surface area contributed by atoms with E-state index in [-0.39, 0.29) is 6.61 Å². The second kappa shape index (κ2) is 5.98. The molecule has 0 bridgehead atoms. The average molecular weight is 263 g/mol. The van der Waals surface area contributed by atoms with Crippen LogP contribution in [0.15, 0.2) is 30.5 Å². The van der Waals surface area contributed by atoms with Crippen molar-refractivity contribution in [3.8, 4) is 16.3 Å². The average Bonchev–Trinajstić information content (AvgIpc) is 2.85. The maximum Gasteiger partial charge on any atom is 0.123 e. The maximum atomic E-state index is 9.01. The number of aromatic nitrogens is 1. The molecule has 2 rings (SSSR count). The molecule has 4 heteroatoms. The van der Waals surface area contributed by atoms with E-state index in [0.717, 1.165) is 27.8 Å². The van der Waals surface area contributed by atoms with Crippen molar-refractivity contribution < 1.29 is 9.84 Å². The van der Waals surface area contributed by atoms with Crippen LogP contribution in [0.3, 0.4) is 0 Å². The molecular weight excluding hydrogens is 246 g/mol. The molecule has 2 aromatic rings. The number of benzene rings is 1. The fourth-order valence-electron chi connectivity index (χ4n) is 1.47. The summed E-state index contributed by atoms with van der Waals surface area (Å²) in [5.74, 6) is 1.40. The van der Waals surface area contributed by atoms with E-state index in [2.05, 4.69) is 18.8 Å². The highest BCUT2D eigenvalue weighted by Crippen LogP contribution is 2.26. The first kappa shape index (κ1) is 13.1. The van der Waals surface area contributed by atoms with Crippen molar-refractivity contribution >= 4 is 11.3 Å². The van der Waals surface area contributed by atoms with Crippen LogP contribution in [0.1, 0.15) is 18.7 Å². The van der Waals surface area contributed by atoms with E-state index in [0.29, 0.717) is 5.92 Å². The van der Waals surface area contributed by atoms with E-state index in [9.17, 15) is 0 Å². The molecule has 0 spiro atoms.